The maximum atomic E-state index is 11.7. The Kier molecular flexibility index (Phi) is 8.06. The Morgan fingerprint density at radius 2 is 1.77 bits per heavy atom. The summed E-state index contributed by atoms with van der Waals surface area (Å²) < 4.78 is 10.9. The number of esters is 1. The van der Waals surface area contributed by atoms with Crippen molar-refractivity contribution in [3.05, 3.63) is 42.2 Å². The zero-order chi connectivity index (χ0) is 18.8. The Morgan fingerprint density at radius 1 is 1.08 bits per heavy atom. The molecule has 140 valence electrons. The van der Waals surface area contributed by atoms with Gasteiger partial charge in [0, 0.05) is 18.4 Å². The first-order valence-corrected chi connectivity index (χ1v) is 9.36. The number of rotatable bonds is 10. The number of hydrogen-bond donors (Lipinski definition) is 0. The molecule has 0 fully saturated rings. The standard InChI is InChI=1S/C21H28N2O3/c1-4-6-7-20(24)26-16(3)13-17-8-10-18(11-9-17)21-22-14-19(15-23-21)25-12-5-2/h8-11,14-16H,4-7,12-13H2,1-3H3. The number of aromatic nitrogens is 2. The molecule has 1 aromatic carbocycles. The van der Waals surface area contributed by atoms with E-state index >= 15 is 0 Å². The SMILES string of the molecule is CCCCC(=O)OC(C)Cc1ccc(-c2ncc(OCCC)cn2)cc1. The van der Waals surface area contributed by atoms with Gasteiger partial charge in [-0.1, -0.05) is 44.5 Å². The van der Waals surface area contributed by atoms with Gasteiger partial charge in [-0.3, -0.25) is 4.79 Å². The van der Waals surface area contributed by atoms with Gasteiger partial charge < -0.3 is 9.47 Å². The van der Waals surface area contributed by atoms with Gasteiger partial charge in [0.25, 0.3) is 0 Å². The van der Waals surface area contributed by atoms with Gasteiger partial charge in [-0.25, -0.2) is 9.97 Å². The molecule has 5 nitrogen and oxygen atoms in total. The molecule has 2 rings (SSSR count). The van der Waals surface area contributed by atoms with Crippen molar-refractivity contribution in [2.75, 3.05) is 6.61 Å². The Hall–Kier alpha value is -2.43. The molecule has 0 bridgehead atoms. The maximum Gasteiger partial charge on any atom is 0.306 e. The molecule has 0 spiro atoms. The minimum Gasteiger partial charge on any atom is -0.490 e. The predicted molar refractivity (Wildman–Crippen MR) is 102 cm³/mol. The normalized spacial score (nSPS) is 11.8. The summed E-state index contributed by atoms with van der Waals surface area (Å²) in [5.74, 6) is 1.24. The Bertz CT molecular complexity index is 669. The first-order chi connectivity index (χ1) is 12.6. The summed E-state index contributed by atoms with van der Waals surface area (Å²) in [7, 11) is 0. The van der Waals surface area contributed by atoms with E-state index in [1.54, 1.807) is 12.4 Å². The first-order valence-electron chi connectivity index (χ1n) is 9.36. The third-order valence-electron chi connectivity index (χ3n) is 3.90. The molecule has 0 amide bonds. The Labute approximate surface area is 155 Å². The number of carbonyl (C=O) groups is 1. The molecule has 0 aliphatic rings. The highest BCUT2D eigenvalue weighted by Gasteiger charge is 2.10. The number of unbranched alkanes of at least 4 members (excludes halogenated alkanes) is 1. The zero-order valence-corrected chi connectivity index (χ0v) is 15.9. The Balaban J connectivity index is 1.90. The molecule has 0 saturated heterocycles. The lowest BCUT2D eigenvalue weighted by Gasteiger charge is -2.13. The fourth-order valence-corrected chi connectivity index (χ4v) is 2.53. The van der Waals surface area contributed by atoms with E-state index in [1.807, 2.05) is 31.2 Å². The summed E-state index contributed by atoms with van der Waals surface area (Å²) in [4.78, 5) is 20.4. The van der Waals surface area contributed by atoms with Crippen LogP contribution in [0.2, 0.25) is 0 Å². The van der Waals surface area contributed by atoms with Crippen LogP contribution in [0.3, 0.4) is 0 Å². The van der Waals surface area contributed by atoms with Gasteiger partial charge in [0.1, 0.15) is 6.10 Å². The number of nitrogens with zero attached hydrogens (tertiary/aromatic N) is 2. The third kappa shape index (κ3) is 6.47. The minimum absolute atomic E-state index is 0.116. The van der Waals surface area contributed by atoms with E-state index in [-0.39, 0.29) is 12.1 Å². The Morgan fingerprint density at radius 3 is 2.38 bits per heavy atom. The van der Waals surface area contributed by atoms with Crippen LogP contribution in [0.5, 0.6) is 5.75 Å². The van der Waals surface area contributed by atoms with E-state index in [0.717, 1.165) is 30.4 Å². The van der Waals surface area contributed by atoms with Crippen molar-refractivity contribution in [2.45, 2.75) is 59.0 Å². The van der Waals surface area contributed by atoms with Crippen molar-refractivity contribution < 1.29 is 14.3 Å². The van der Waals surface area contributed by atoms with Crippen LogP contribution in [0.25, 0.3) is 11.4 Å². The monoisotopic (exact) mass is 356 g/mol. The van der Waals surface area contributed by atoms with Crippen molar-refractivity contribution in [3.8, 4) is 17.1 Å². The average Bonchev–Trinajstić information content (AvgIpc) is 2.65. The number of carbonyl (C=O) groups excluding carboxylic acids is 1. The summed E-state index contributed by atoms with van der Waals surface area (Å²) in [6.07, 6.45) is 7.29. The second-order valence-electron chi connectivity index (χ2n) is 6.40. The summed E-state index contributed by atoms with van der Waals surface area (Å²) in [6, 6.07) is 8.03. The smallest absolute Gasteiger partial charge is 0.306 e. The van der Waals surface area contributed by atoms with E-state index in [4.69, 9.17) is 9.47 Å². The number of ether oxygens (including phenoxy) is 2. The van der Waals surface area contributed by atoms with Gasteiger partial charge in [-0.15, -0.1) is 0 Å². The van der Waals surface area contributed by atoms with Crippen LogP contribution in [0, 0.1) is 0 Å². The summed E-state index contributed by atoms with van der Waals surface area (Å²) >= 11 is 0. The average molecular weight is 356 g/mol. The van der Waals surface area contributed by atoms with E-state index in [9.17, 15) is 4.79 Å². The highest BCUT2D eigenvalue weighted by Crippen LogP contribution is 2.18. The van der Waals surface area contributed by atoms with Crippen LogP contribution >= 0.6 is 0 Å². The highest BCUT2D eigenvalue weighted by molar-refractivity contribution is 5.69. The molecule has 0 N–H and O–H groups in total. The van der Waals surface area contributed by atoms with E-state index in [1.165, 1.54) is 0 Å². The molecular formula is C21H28N2O3. The van der Waals surface area contributed by atoms with Crippen molar-refractivity contribution in [1.82, 2.24) is 9.97 Å². The highest BCUT2D eigenvalue weighted by atomic mass is 16.5. The van der Waals surface area contributed by atoms with Crippen molar-refractivity contribution >= 4 is 5.97 Å². The van der Waals surface area contributed by atoms with Gasteiger partial charge >= 0.3 is 5.97 Å². The van der Waals surface area contributed by atoms with Gasteiger partial charge in [0.15, 0.2) is 11.6 Å². The maximum absolute atomic E-state index is 11.7. The van der Waals surface area contributed by atoms with Crippen LogP contribution in [0.1, 0.15) is 52.0 Å². The minimum atomic E-state index is -0.128. The lowest BCUT2D eigenvalue weighted by Crippen LogP contribution is -2.17. The lowest BCUT2D eigenvalue weighted by molar-refractivity contribution is -0.148. The fraction of sp³-hybridized carbons (Fsp3) is 0.476. The van der Waals surface area contributed by atoms with Crippen LogP contribution in [-0.2, 0) is 16.0 Å². The van der Waals surface area contributed by atoms with Crippen molar-refractivity contribution in [1.29, 1.82) is 0 Å². The second kappa shape index (κ2) is 10.5. The predicted octanol–water partition coefficient (Wildman–Crippen LogP) is 4.60. The summed E-state index contributed by atoms with van der Waals surface area (Å²) in [6.45, 7) is 6.71. The topological polar surface area (TPSA) is 61.3 Å². The van der Waals surface area contributed by atoms with E-state index < -0.39 is 0 Å². The molecule has 0 saturated carbocycles. The molecule has 1 aromatic heterocycles. The quantitative estimate of drug-likeness (QED) is 0.582. The molecule has 0 radical (unpaired) electrons. The number of hydrogen-bond acceptors (Lipinski definition) is 5. The van der Waals surface area contributed by atoms with Crippen LogP contribution in [-0.4, -0.2) is 28.6 Å². The lowest BCUT2D eigenvalue weighted by atomic mass is 10.1. The molecule has 2 aromatic rings. The van der Waals surface area contributed by atoms with E-state index in [0.29, 0.717) is 31.0 Å². The van der Waals surface area contributed by atoms with Crippen molar-refractivity contribution in [3.63, 3.8) is 0 Å². The fourth-order valence-electron chi connectivity index (χ4n) is 2.53. The zero-order valence-electron chi connectivity index (χ0n) is 15.9. The van der Waals surface area contributed by atoms with E-state index in [2.05, 4.69) is 23.8 Å². The first kappa shape index (κ1) is 19.9. The molecule has 1 atom stereocenters. The second-order valence-corrected chi connectivity index (χ2v) is 6.40. The molecule has 0 aliphatic carbocycles. The molecule has 0 aliphatic heterocycles. The largest absolute Gasteiger partial charge is 0.490 e. The molecule has 26 heavy (non-hydrogen) atoms. The molecular weight excluding hydrogens is 328 g/mol. The summed E-state index contributed by atoms with van der Waals surface area (Å²) in [5, 5.41) is 0. The van der Waals surface area contributed by atoms with Crippen molar-refractivity contribution in [2.24, 2.45) is 0 Å². The van der Waals surface area contributed by atoms with Gasteiger partial charge in [-0.2, -0.15) is 0 Å². The number of benzene rings is 1. The van der Waals surface area contributed by atoms with Gasteiger partial charge in [-0.05, 0) is 25.3 Å². The van der Waals surface area contributed by atoms with Crippen LogP contribution in [0.15, 0.2) is 36.7 Å². The van der Waals surface area contributed by atoms with Gasteiger partial charge in [0.2, 0.25) is 0 Å². The summed E-state index contributed by atoms with van der Waals surface area (Å²) in [5.41, 5.74) is 2.07. The van der Waals surface area contributed by atoms with Gasteiger partial charge in [0.05, 0.1) is 19.0 Å². The van der Waals surface area contributed by atoms with Crippen LogP contribution < -0.4 is 4.74 Å². The van der Waals surface area contributed by atoms with Crippen LogP contribution in [0.4, 0.5) is 0 Å². The molecule has 5 heteroatoms. The molecule has 1 unspecified atom stereocenters. The molecule has 1 heterocycles. The third-order valence-corrected chi connectivity index (χ3v) is 3.90.